The quantitative estimate of drug-likeness (QED) is 0.667. The molecule has 1 atom stereocenters. The molecule has 1 aromatic carbocycles. The number of hydrogen-bond donors (Lipinski definition) is 0. The van der Waals surface area contributed by atoms with E-state index in [0.29, 0.717) is 11.6 Å². The first-order chi connectivity index (χ1) is 6.77. The van der Waals surface area contributed by atoms with Crippen LogP contribution in [0.3, 0.4) is 0 Å². The molecule has 0 bridgehead atoms. The molecular formula is C11H11ClO2. The number of rotatable bonds is 1. The Hall–Kier alpha value is -1.02. The lowest BCUT2D eigenvalue weighted by Crippen LogP contribution is -2.22. The molecule has 0 amide bonds. The molecule has 1 fully saturated rings. The number of halogens is 1. The molecule has 1 aliphatic rings. The summed E-state index contributed by atoms with van der Waals surface area (Å²) < 4.78 is 5.00. The van der Waals surface area contributed by atoms with Gasteiger partial charge < -0.3 is 4.74 Å². The highest BCUT2D eigenvalue weighted by Gasteiger charge is 2.25. The number of carbonyl (C=O) groups excluding carboxylic acids is 1. The van der Waals surface area contributed by atoms with Crippen LogP contribution in [0.5, 0.6) is 0 Å². The molecule has 1 saturated heterocycles. The number of esters is 1. The van der Waals surface area contributed by atoms with E-state index in [0.717, 1.165) is 18.4 Å². The highest BCUT2D eigenvalue weighted by Crippen LogP contribution is 2.27. The Labute approximate surface area is 87.8 Å². The van der Waals surface area contributed by atoms with Crippen molar-refractivity contribution >= 4 is 17.6 Å². The molecule has 0 spiro atoms. The molecule has 0 saturated carbocycles. The summed E-state index contributed by atoms with van der Waals surface area (Å²) >= 11 is 5.77. The second-order valence-corrected chi connectivity index (χ2v) is 3.85. The van der Waals surface area contributed by atoms with Gasteiger partial charge in [-0.15, -0.1) is 0 Å². The topological polar surface area (TPSA) is 26.3 Å². The molecule has 0 aliphatic carbocycles. The summed E-state index contributed by atoms with van der Waals surface area (Å²) in [7, 11) is 0. The fourth-order valence-electron chi connectivity index (χ4n) is 1.68. The van der Waals surface area contributed by atoms with Crippen molar-refractivity contribution in [1.82, 2.24) is 0 Å². The number of cyclic esters (lactones) is 1. The Kier molecular flexibility index (Phi) is 2.73. The summed E-state index contributed by atoms with van der Waals surface area (Å²) in [6.45, 7) is 0.558. The van der Waals surface area contributed by atoms with Crippen LogP contribution in [0.2, 0.25) is 5.02 Å². The van der Waals surface area contributed by atoms with Crippen molar-refractivity contribution < 1.29 is 9.53 Å². The Morgan fingerprint density at radius 3 is 2.64 bits per heavy atom. The van der Waals surface area contributed by atoms with Crippen molar-refractivity contribution in [2.75, 3.05) is 6.61 Å². The zero-order chi connectivity index (χ0) is 9.97. The van der Waals surface area contributed by atoms with Gasteiger partial charge in [-0.05, 0) is 30.5 Å². The molecule has 74 valence electrons. The highest BCUT2D eigenvalue weighted by atomic mass is 35.5. The monoisotopic (exact) mass is 210 g/mol. The zero-order valence-electron chi connectivity index (χ0n) is 7.70. The molecule has 1 heterocycles. The zero-order valence-corrected chi connectivity index (χ0v) is 8.46. The van der Waals surface area contributed by atoms with Crippen molar-refractivity contribution in [3.05, 3.63) is 34.9 Å². The number of benzene rings is 1. The summed E-state index contributed by atoms with van der Waals surface area (Å²) in [6.07, 6.45) is 1.82. The summed E-state index contributed by atoms with van der Waals surface area (Å²) in [4.78, 5) is 11.4. The Balaban J connectivity index is 2.20. The minimum Gasteiger partial charge on any atom is -0.465 e. The van der Waals surface area contributed by atoms with Crippen LogP contribution in [0.15, 0.2) is 24.3 Å². The largest absolute Gasteiger partial charge is 0.465 e. The van der Waals surface area contributed by atoms with Crippen molar-refractivity contribution in [3.63, 3.8) is 0 Å². The normalized spacial score (nSPS) is 21.8. The summed E-state index contributed by atoms with van der Waals surface area (Å²) in [6, 6.07) is 7.39. The standard InChI is InChI=1S/C11H11ClO2/c12-9-5-3-8(4-6-9)10-2-1-7-14-11(10)13/h3-6,10H,1-2,7H2. The van der Waals surface area contributed by atoms with Crippen LogP contribution in [-0.4, -0.2) is 12.6 Å². The van der Waals surface area contributed by atoms with Gasteiger partial charge in [0.25, 0.3) is 0 Å². The van der Waals surface area contributed by atoms with E-state index in [1.807, 2.05) is 12.1 Å². The lowest BCUT2D eigenvalue weighted by molar-refractivity contribution is -0.149. The Morgan fingerprint density at radius 2 is 2.00 bits per heavy atom. The minimum atomic E-state index is -0.112. The lowest BCUT2D eigenvalue weighted by Gasteiger charge is -2.20. The molecule has 0 N–H and O–H groups in total. The van der Waals surface area contributed by atoms with Crippen LogP contribution in [0.4, 0.5) is 0 Å². The molecule has 1 aromatic rings. The van der Waals surface area contributed by atoms with Crippen LogP contribution < -0.4 is 0 Å². The lowest BCUT2D eigenvalue weighted by atomic mass is 9.93. The second kappa shape index (κ2) is 4.01. The van der Waals surface area contributed by atoms with Crippen LogP contribution in [0.25, 0.3) is 0 Å². The van der Waals surface area contributed by atoms with Crippen LogP contribution in [0, 0.1) is 0 Å². The molecule has 2 nitrogen and oxygen atoms in total. The fourth-order valence-corrected chi connectivity index (χ4v) is 1.80. The third kappa shape index (κ3) is 1.90. The molecule has 1 aliphatic heterocycles. The number of hydrogen-bond acceptors (Lipinski definition) is 2. The smallest absolute Gasteiger partial charge is 0.313 e. The first kappa shape index (κ1) is 9.53. The second-order valence-electron chi connectivity index (χ2n) is 3.41. The van der Waals surface area contributed by atoms with Crippen LogP contribution in [0.1, 0.15) is 24.3 Å². The van der Waals surface area contributed by atoms with E-state index in [9.17, 15) is 4.79 Å². The molecule has 0 radical (unpaired) electrons. The van der Waals surface area contributed by atoms with Gasteiger partial charge in [-0.25, -0.2) is 0 Å². The van der Waals surface area contributed by atoms with Crippen molar-refractivity contribution in [3.8, 4) is 0 Å². The average Bonchev–Trinajstić information content (AvgIpc) is 2.20. The van der Waals surface area contributed by atoms with Crippen LogP contribution in [-0.2, 0) is 9.53 Å². The Bertz CT molecular complexity index is 332. The van der Waals surface area contributed by atoms with E-state index in [4.69, 9.17) is 16.3 Å². The molecule has 0 aromatic heterocycles. The van der Waals surface area contributed by atoms with E-state index in [2.05, 4.69) is 0 Å². The first-order valence-electron chi connectivity index (χ1n) is 4.69. The van der Waals surface area contributed by atoms with E-state index >= 15 is 0 Å². The predicted molar refractivity (Wildman–Crippen MR) is 54.4 cm³/mol. The summed E-state index contributed by atoms with van der Waals surface area (Å²) in [5.74, 6) is -0.209. The van der Waals surface area contributed by atoms with Gasteiger partial charge in [0.15, 0.2) is 0 Å². The van der Waals surface area contributed by atoms with Gasteiger partial charge in [-0.1, -0.05) is 23.7 Å². The molecular weight excluding hydrogens is 200 g/mol. The summed E-state index contributed by atoms with van der Waals surface area (Å²) in [5, 5.41) is 0.693. The van der Waals surface area contributed by atoms with Crippen molar-refractivity contribution in [2.45, 2.75) is 18.8 Å². The van der Waals surface area contributed by atoms with E-state index in [-0.39, 0.29) is 11.9 Å². The Morgan fingerprint density at radius 1 is 1.29 bits per heavy atom. The molecule has 2 rings (SSSR count). The van der Waals surface area contributed by atoms with E-state index < -0.39 is 0 Å². The van der Waals surface area contributed by atoms with Crippen LogP contribution >= 0.6 is 11.6 Å². The fraction of sp³-hybridized carbons (Fsp3) is 0.364. The minimum absolute atomic E-state index is 0.0963. The SMILES string of the molecule is O=C1OCCCC1c1ccc(Cl)cc1. The molecule has 14 heavy (non-hydrogen) atoms. The van der Waals surface area contributed by atoms with Gasteiger partial charge in [-0.3, -0.25) is 4.79 Å². The first-order valence-corrected chi connectivity index (χ1v) is 5.07. The van der Waals surface area contributed by atoms with Gasteiger partial charge in [0, 0.05) is 5.02 Å². The maximum Gasteiger partial charge on any atom is 0.313 e. The van der Waals surface area contributed by atoms with Gasteiger partial charge >= 0.3 is 5.97 Å². The van der Waals surface area contributed by atoms with Gasteiger partial charge in [0.2, 0.25) is 0 Å². The van der Waals surface area contributed by atoms with Crippen molar-refractivity contribution in [1.29, 1.82) is 0 Å². The molecule has 3 heteroatoms. The van der Waals surface area contributed by atoms with Gasteiger partial charge in [0.1, 0.15) is 0 Å². The predicted octanol–water partition coefficient (Wildman–Crippen LogP) is 2.76. The van der Waals surface area contributed by atoms with E-state index in [1.54, 1.807) is 12.1 Å². The van der Waals surface area contributed by atoms with Crippen molar-refractivity contribution in [2.24, 2.45) is 0 Å². The summed E-state index contributed by atoms with van der Waals surface area (Å²) in [5.41, 5.74) is 0.999. The van der Waals surface area contributed by atoms with Gasteiger partial charge in [-0.2, -0.15) is 0 Å². The number of ether oxygens (including phenoxy) is 1. The third-order valence-corrected chi connectivity index (χ3v) is 2.69. The third-order valence-electron chi connectivity index (χ3n) is 2.44. The van der Waals surface area contributed by atoms with Gasteiger partial charge in [0.05, 0.1) is 12.5 Å². The maximum atomic E-state index is 11.4. The maximum absolute atomic E-state index is 11.4. The molecule has 1 unspecified atom stereocenters. The van der Waals surface area contributed by atoms with E-state index in [1.165, 1.54) is 0 Å². The highest BCUT2D eigenvalue weighted by molar-refractivity contribution is 6.30. The number of carbonyl (C=O) groups is 1. The average molecular weight is 211 g/mol.